The molecular formula is C24H21N3O4S. The van der Waals surface area contributed by atoms with Gasteiger partial charge in [0.15, 0.2) is 12.3 Å². The molecule has 0 saturated carbocycles. The number of hydrogen-bond donors (Lipinski definition) is 1. The molecule has 8 heteroatoms. The zero-order chi connectivity index (χ0) is 22.5. The van der Waals surface area contributed by atoms with Crippen molar-refractivity contribution >= 4 is 28.9 Å². The first kappa shape index (κ1) is 21.3. The van der Waals surface area contributed by atoms with E-state index in [0.717, 1.165) is 16.1 Å². The van der Waals surface area contributed by atoms with E-state index in [1.54, 1.807) is 18.2 Å². The number of hydrogen-bond acceptors (Lipinski definition) is 6. The highest BCUT2D eigenvalue weighted by Crippen LogP contribution is 2.27. The molecule has 2 aromatic carbocycles. The zero-order valence-electron chi connectivity index (χ0n) is 17.6. The van der Waals surface area contributed by atoms with E-state index in [1.165, 1.54) is 23.1 Å². The van der Waals surface area contributed by atoms with Gasteiger partial charge in [-0.1, -0.05) is 30.3 Å². The number of ether oxygens (including phenoxy) is 2. The van der Waals surface area contributed by atoms with E-state index < -0.39 is 18.5 Å². The topological polar surface area (TPSA) is 82.4 Å². The summed E-state index contributed by atoms with van der Waals surface area (Å²) in [4.78, 5) is 26.2. The van der Waals surface area contributed by atoms with Gasteiger partial charge in [0, 0.05) is 6.07 Å². The predicted octanol–water partition coefficient (Wildman–Crippen LogP) is 4.71. The van der Waals surface area contributed by atoms with E-state index in [1.807, 2.05) is 60.8 Å². The number of anilines is 1. The maximum Gasteiger partial charge on any atom is 0.357 e. The molecule has 32 heavy (non-hydrogen) atoms. The third-order valence-corrected chi connectivity index (χ3v) is 5.55. The van der Waals surface area contributed by atoms with Crippen LogP contribution in [-0.4, -0.2) is 35.4 Å². The minimum Gasteiger partial charge on any atom is -0.495 e. The lowest BCUT2D eigenvalue weighted by molar-refractivity contribution is -0.119. The Morgan fingerprint density at radius 3 is 2.59 bits per heavy atom. The molecule has 2 aromatic heterocycles. The lowest BCUT2D eigenvalue weighted by Crippen LogP contribution is -2.22. The molecule has 4 rings (SSSR count). The van der Waals surface area contributed by atoms with Crippen molar-refractivity contribution in [2.75, 3.05) is 19.0 Å². The van der Waals surface area contributed by atoms with E-state index in [-0.39, 0.29) is 5.69 Å². The lowest BCUT2D eigenvalue weighted by atomic mass is 10.2. The molecule has 0 spiro atoms. The highest BCUT2D eigenvalue weighted by Gasteiger charge is 2.20. The highest BCUT2D eigenvalue weighted by atomic mass is 32.1. The van der Waals surface area contributed by atoms with Gasteiger partial charge in [-0.3, -0.25) is 4.79 Å². The molecule has 0 aliphatic heterocycles. The van der Waals surface area contributed by atoms with E-state index in [4.69, 9.17) is 9.47 Å². The molecule has 1 amide bonds. The van der Waals surface area contributed by atoms with Crippen molar-refractivity contribution in [3.05, 3.63) is 83.4 Å². The Labute approximate surface area is 189 Å². The SMILES string of the molecule is COc1ccc(C)cc1NC(=O)COC(=O)c1cc(-c2cccs2)nn1-c1ccccc1. The number of para-hydroxylation sites is 1. The number of carbonyl (C=O) groups excluding carboxylic acids is 2. The molecule has 0 fully saturated rings. The Morgan fingerprint density at radius 1 is 1.06 bits per heavy atom. The summed E-state index contributed by atoms with van der Waals surface area (Å²) in [5, 5.41) is 9.24. The van der Waals surface area contributed by atoms with Crippen molar-refractivity contribution in [1.82, 2.24) is 9.78 Å². The van der Waals surface area contributed by atoms with Gasteiger partial charge in [0.1, 0.15) is 11.4 Å². The van der Waals surface area contributed by atoms with E-state index in [2.05, 4.69) is 10.4 Å². The van der Waals surface area contributed by atoms with Crippen LogP contribution in [0.15, 0.2) is 72.1 Å². The average Bonchev–Trinajstić information content (AvgIpc) is 3.48. The molecule has 2 heterocycles. The molecule has 0 radical (unpaired) electrons. The van der Waals surface area contributed by atoms with Gasteiger partial charge in [-0.2, -0.15) is 5.10 Å². The van der Waals surface area contributed by atoms with Gasteiger partial charge >= 0.3 is 5.97 Å². The molecule has 0 unspecified atom stereocenters. The number of esters is 1. The summed E-state index contributed by atoms with van der Waals surface area (Å²) in [7, 11) is 1.52. The Morgan fingerprint density at radius 2 is 1.88 bits per heavy atom. The van der Waals surface area contributed by atoms with Crippen LogP contribution in [0.2, 0.25) is 0 Å². The van der Waals surface area contributed by atoms with Crippen molar-refractivity contribution in [1.29, 1.82) is 0 Å². The second-order valence-corrected chi connectivity index (χ2v) is 7.92. The summed E-state index contributed by atoms with van der Waals surface area (Å²) >= 11 is 1.53. The van der Waals surface area contributed by atoms with Crippen LogP contribution in [0.25, 0.3) is 16.3 Å². The van der Waals surface area contributed by atoms with Gasteiger partial charge in [-0.05, 0) is 48.2 Å². The van der Waals surface area contributed by atoms with Crippen molar-refractivity contribution in [3.63, 3.8) is 0 Å². The summed E-state index contributed by atoms with van der Waals surface area (Å²) in [5.41, 5.74) is 3.09. The number of methoxy groups -OCH3 is 1. The molecule has 1 N–H and O–H groups in total. The van der Waals surface area contributed by atoms with Crippen molar-refractivity contribution in [3.8, 4) is 22.0 Å². The van der Waals surface area contributed by atoms with Crippen molar-refractivity contribution in [2.45, 2.75) is 6.92 Å². The number of amides is 1. The van der Waals surface area contributed by atoms with Crippen LogP contribution < -0.4 is 10.1 Å². The minimum absolute atomic E-state index is 0.237. The fourth-order valence-electron chi connectivity index (χ4n) is 3.15. The number of aromatic nitrogens is 2. The number of carbonyl (C=O) groups is 2. The van der Waals surface area contributed by atoms with Gasteiger partial charge in [0.25, 0.3) is 5.91 Å². The normalized spacial score (nSPS) is 10.6. The van der Waals surface area contributed by atoms with Crippen LogP contribution in [0.1, 0.15) is 16.1 Å². The monoisotopic (exact) mass is 447 g/mol. The molecule has 0 aliphatic rings. The molecule has 162 valence electrons. The smallest absolute Gasteiger partial charge is 0.357 e. The maximum atomic E-state index is 12.9. The van der Waals surface area contributed by atoms with Crippen LogP contribution in [0.5, 0.6) is 5.75 Å². The van der Waals surface area contributed by atoms with Gasteiger partial charge in [0.05, 0.1) is 23.4 Å². The summed E-state index contributed by atoms with van der Waals surface area (Å²) in [6.45, 7) is 1.47. The molecule has 0 atom stereocenters. The summed E-state index contributed by atoms with van der Waals surface area (Å²) < 4.78 is 12.1. The number of aryl methyl sites for hydroxylation is 1. The maximum absolute atomic E-state index is 12.9. The first-order valence-corrected chi connectivity index (χ1v) is 10.7. The quantitative estimate of drug-likeness (QED) is 0.415. The second kappa shape index (κ2) is 9.49. The largest absolute Gasteiger partial charge is 0.495 e. The first-order chi connectivity index (χ1) is 15.5. The van der Waals surface area contributed by atoms with Crippen LogP contribution in [0.3, 0.4) is 0 Å². The first-order valence-electron chi connectivity index (χ1n) is 9.86. The second-order valence-electron chi connectivity index (χ2n) is 6.97. The van der Waals surface area contributed by atoms with Gasteiger partial charge in [-0.15, -0.1) is 11.3 Å². The number of rotatable bonds is 7. The fourth-order valence-corrected chi connectivity index (χ4v) is 3.83. The van der Waals surface area contributed by atoms with Crippen molar-refractivity contribution in [2.24, 2.45) is 0 Å². The molecule has 0 aliphatic carbocycles. The molecule has 4 aromatic rings. The van der Waals surface area contributed by atoms with Crippen molar-refractivity contribution < 1.29 is 19.1 Å². The lowest BCUT2D eigenvalue weighted by Gasteiger charge is -2.11. The third-order valence-electron chi connectivity index (χ3n) is 4.66. The van der Waals surface area contributed by atoms with E-state index in [0.29, 0.717) is 17.1 Å². The van der Waals surface area contributed by atoms with Crippen LogP contribution in [0, 0.1) is 6.92 Å². The van der Waals surface area contributed by atoms with Gasteiger partial charge < -0.3 is 14.8 Å². The number of thiophene rings is 1. The average molecular weight is 448 g/mol. The van der Waals surface area contributed by atoms with Gasteiger partial charge in [-0.25, -0.2) is 9.48 Å². The molecule has 0 saturated heterocycles. The zero-order valence-corrected chi connectivity index (χ0v) is 18.4. The molecular weight excluding hydrogens is 426 g/mol. The molecule has 0 bridgehead atoms. The predicted molar refractivity (Wildman–Crippen MR) is 124 cm³/mol. The molecule has 7 nitrogen and oxygen atoms in total. The third kappa shape index (κ3) is 4.70. The van der Waals surface area contributed by atoms with E-state index >= 15 is 0 Å². The summed E-state index contributed by atoms with van der Waals surface area (Å²) in [5.74, 6) is -0.583. The summed E-state index contributed by atoms with van der Waals surface area (Å²) in [6.07, 6.45) is 0. The fraction of sp³-hybridized carbons (Fsp3) is 0.125. The van der Waals surface area contributed by atoms with Crippen LogP contribution in [0.4, 0.5) is 5.69 Å². The Bertz CT molecular complexity index is 1230. The Balaban J connectivity index is 1.52. The minimum atomic E-state index is -0.643. The highest BCUT2D eigenvalue weighted by molar-refractivity contribution is 7.13. The van der Waals surface area contributed by atoms with Crippen LogP contribution >= 0.6 is 11.3 Å². The number of benzene rings is 2. The van der Waals surface area contributed by atoms with E-state index in [9.17, 15) is 9.59 Å². The standard InChI is InChI=1S/C24H21N3O4S/c1-16-10-11-21(30-2)18(13-16)25-23(28)15-31-24(29)20-14-19(22-9-6-12-32-22)26-27(20)17-7-4-3-5-8-17/h3-14H,15H2,1-2H3,(H,25,28). The van der Waals surface area contributed by atoms with Crippen LogP contribution in [-0.2, 0) is 9.53 Å². The summed E-state index contributed by atoms with van der Waals surface area (Å²) in [6, 6.07) is 20.3. The number of nitrogens with zero attached hydrogens (tertiary/aromatic N) is 2. The Kier molecular flexibility index (Phi) is 6.32. The Hall–Kier alpha value is -3.91. The van der Waals surface area contributed by atoms with Gasteiger partial charge in [0.2, 0.25) is 0 Å². The number of nitrogens with one attached hydrogen (secondary N) is 1.